The number of halogens is 3. The summed E-state index contributed by atoms with van der Waals surface area (Å²) in [5.41, 5.74) is -0.774. The Bertz CT molecular complexity index is 338. The van der Waals surface area contributed by atoms with Crippen LogP contribution in [-0.2, 0) is 6.18 Å². The van der Waals surface area contributed by atoms with Crippen LogP contribution in [0, 0.1) is 0 Å². The number of rotatable bonds is 5. The number of pyridine rings is 1. The molecule has 0 saturated carbocycles. The van der Waals surface area contributed by atoms with Gasteiger partial charge in [0.05, 0.1) is 5.56 Å². The lowest BCUT2D eigenvalue weighted by atomic mass is 10.3. The lowest BCUT2D eigenvalue weighted by Gasteiger charge is -2.13. The highest BCUT2D eigenvalue weighted by Crippen LogP contribution is 2.29. The first-order valence-corrected chi connectivity index (χ1v) is 5.33. The molecule has 1 heterocycles. The predicted octanol–water partition coefficient (Wildman–Crippen LogP) is 2.48. The fourth-order valence-electron chi connectivity index (χ4n) is 1.25. The second-order valence-corrected chi connectivity index (χ2v) is 3.65. The van der Waals surface area contributed by atoms with Crippen molar-refractivity contribution in [2.45, 2.75) is 26.1 Å². The van der Waals surface area contributed by atoms with Gasteiger partial charge in [-0.05, 0) is 19.5 Å². The van der Waals surface area contributed by atoms with E-state index in [1.54, 1.807) is 0 Å². The van der Waals surface area contributed by atoms with Crippen LogP contribution < -0.4 is 10.1 Å². The Balaban J connectivity index is 2.51. The second-order valence-electron chi connectivity index (χ2n) is 3.65. The number of hydrogen-bond acceptors (Lipinski definition) is 3. The van der Waals surface area contributed by atoms with E-state index in [0.29, 0.717) is 6.61 Å². The van der Waals surface area contributed by atoms with Gasteiger partial charge >= 0.3 is 6.18 Å². The Kier molecular flexibility index (Phi) is 4.74. The molecule has 96 valence electrons. The molecule has 1 aromatic heterocycles. The maximum Gasteiger partial charge on any atom is 0.417 e. The fourth-order valence-corrected chi connectivity index (χ4v) is 1.25. The van der Waals surface area contributed by atoms with E-state index in [4.69, 9.17) is 4.74 Å². The summed E-state index contributed by atoms with van der Waals surface area (Å²) >= 11 is 0. The number of nitrogens with one attached hydrogen (secondary N) is 1. The summed E-state index contributed by atoms with van der Waals surface area (Å²) in [5.74, 6) is 0.197. The third kappa shape index (κ3) is 4.60. The first-order valence-electron chi connectivity index (χ1n) is 5.33. The summed E-state index contributed by atoms with van der Waals surface area (Å²) in [6, 6.07) is 2.31. The molecule has 0 spiro atoms. The van der Waals surface area contributed by atoms with Gasteiger partial charge in [0.2, 0.25) is 5.88 Å². The van der Waals surface area contributed by atoms with Crippen molar-refractivity contribution in [2.75, 3.05) is 13.2 Å². The maximum absolute atomic E-state index is 12.2. The Morgan fingerprint density at radius 3 is 2.59 bits per heavy atom. The molecular formula is C11H15F3N2O. The molecule has 1 rings (SSSR count). The topological polar surface area (TPSA) is 34.1 Å². The number of likely N-dealkylation sites (N-methyl/N-ethyl adjacent to an activating group) is 1. The average molecular weight is 248 g/mol. The number of hydrogen-bond donors (Lipinski definition) is 1. The molecule has 0 bridgehead atoms. The Morgan fingerprint density at radius 2 is 2.12 bits per heavy atom. The average Bonchev–Trinajstić information content (AvgIpc) is 2.26. The molecule has 0 unspecified atom stereocenters. The number of aromatic nitrogens is 1. The van der Waals surface area contributed by atoms with Crippen molar-refractivity contribution in [3.63, 3.8) is 0 Å². The van der Waals surface area contributed by atoms with Crippen LogP contribution >= 0.6 is 0 Å². The van der Waals surface area contributed by atoms with Crippen molar-refractivity contribution in [2.24, 2.45) is 0 Å². The monoisotopic (exact) mass is 248 g/mol. The van der Waals surface area contributed by atoms with Gasteiger partial charge < -0.3 is 10.1 Å². The quantitative estimate of drug-likeness (QED) is 0.869. The van der Waals surface area contributed by atoms with Crippen LogP contribution in [0.4, 0.5) is 13.2 Å². The van der Waals surface area contributed by atoms with Crippen molar-refractivity contribution in [1.82, 2.24) is 10.3 Å². The summed E-state index contributed by atoms with van der Waals surface area (Å²) in [7, 11) is 0. The van der Waals surface area contributed by atoms with E-state index in [0.717, 1.165) is 18.8 Å². The summed E-state index contributed by atoms with van der Waals surface area (Å²) < 4.78 is 42.0. The van der Waals surface area contributed by atoms with Gasteiger partial charge in [-0.3, -0.25) is 0 Å². The van der Waals surface area contributed by atoms with Crippen molar-refractivity contribution < 1.29 is 17.9 Å². The molecule has 0 radical (unpaired) electrons. The highest BCUT2D eigenvalue weighted by Gasteiger charge is 2.30. The van der Waals surface area contributed by atoms with Crippen molar-refractivity contribution in [3.8, 4) is 5.88 Å². The van der Waals surface area contributed by atoms with Crippen LogP contribution in [0.5, 0.6) is 5.88 Å². The molecule has 0 aliphatic heterocycles. The van der Waals surface area contributed by atoms with Crippen LogP contribution in [0.3, 0.4) is 0 Å². The molecule has 3 nitrogen and oxygen atoms in total. The molecule has 6 heteroatoms. The zero-order valence-electron chi connectivity index (χ0n) is 9.71. The smallest absolute Gasteiger partial charge is 0.417 e. The highest BCUT2D eigenvalue weighted by atomic mass is 19.4. The van der Waals surface area contributed by atoms with E-state index in [1.807, 2.05) is 13.8 Å². The van der Waals surface area contributed by atoms with E-state index >= 15 is 0 Å². The zero-order valence-corrected chi connectivity index (χ0v) is 9.71. The lowest BCUT2D eigenvalue weighted by Crippen LogP contribution is -2.31. The fraction of sp³-hybridized carbons (Fsp3) is 0.545. The van der Waals surface area contributed by atoms with Crippen LogP contribution in [0.2, 0.25) is 0 Å². The van der Waals surface area contributed by atoms with Crippen LogP contribution in [0.25, 0.3) is 0 Å². The van der Waals surface area contributed by atoms with E-state index in [1.165, 1.54) is 6.07 Å². The van der Waals surface area contributed by atoms with Gasteiger partial charge in [-0.2, -0.15) is 13.2 Å². The van der Waals surface area contributed by atoms with Crippen LogP contribution in [0.15, 0.2) is 18.3 Å². The first kappa shape index (κ1) is 13.8. The van der Waals surface area contributed by atoms with Crippen LogP contribution in [-0.4, -0.2) is 24.2 Å². The van der Waals surface area contributed by atoms with E-state index in [2.05, 4.69) is 10.3 Å². The largest absolute Gasteiger partial charge is 0.476 e. The van der Waals surface area contributed by atoms with Gasteiger partial charge in [-0.25, -0.2) is 4.98 Å². The Labute approximate surface area is 98.0 Å². The van der Waals surface area contributed by atoms with Gasteiger partial charge in [0.1, 0.15) is 6.61 Å². The lowest BCUT2D eigenvalue weighted by molar-refractivity contribution is -0.137. The third-order valence-electron chi connectivity index (χ3n) is 2.10. The molecule has 0 aliphatic rings. The molecule has 0 saturated heterocycles. The Morgan fingerprint density at radius 1 is 1.41 bits per heavy atom. The van der Waals surface area contributed by atoms with Gasteiger partial charge in [0.25, 0.3) is 0 Å². The summed E-state index contributed by atoms with van der Waals surface area (Å²) in [6.45, 7) is 5.07. The second kappa shape index (κ2) is 5.86. The van der Waals surface area contributed by atoms with Crippen LogP contribution in [0.1, 0.15) is 19.4 Å². The van der Waals surface area contributed by atoms with Crippen molar-refractivity contribution >= 4 is 0 Å². The molecule has 0 aromatic carbocycles. The summed E-state index contributed by atoms with van der Waals surface area (Å²) in [5, 5.41) is 3.12. The standard InChI is InChI=1S/C11H15F3N2O/c1-3-15-8(2)7-17-10-5-4-9(6-16-10)11(12,13)14/h4-6,8,15H,3,7H2,1-2H3/t8-/m0/s1. The number of nitrogens with zero attached hydrogens (tertiary/aromatic N) is 1. The predicted molar refractivity (Wildman–Crippen MR) is 57.9 cm³/mol. The molecule has 1 atom stereocenters. The first-order chi connectivity index (χ1) is 7.93. The Hall–Kier alpha value is -1.30. The van der Waals surface area contributed by atoms with E-state index < -0.39 is 11.7 Å². The van der Waals surface area contributed by atoms with Gasteiger partial charge in [-0.1, -0.05) is 6.92 Å². The van der Waals surface area contributed by atoms with E-state index in [-0.39, 0.29) is 11.9 Å². The molecule has 0 amide bonds. The maximum atomic E-state index is 12.2. The number of ether oxygens (including phenoxy) is 1. The minimum absolute atomic E-state index is 0.129. The van der Waals surface area contributed by atoms with Crippen molar-refractivity contribution in [3.05, 3.63) is 23.9 Å². The normalized spacial score (nSPS) is 13.5. The SMILES string of the molecule is CCN[C@@H](C)COc1ccc(C(F)(F)F)cn1. The van der Waals surface area contributed by atoms with Gasteiger partial charge in [0, 0.05) is 18.3 Å². The van der Waals surface area contributed by atoms with E-state index in [9.17, 15) is 13.2 Å². The third-order valence-corrected chi connectivity index (χ3v) is 2.10. The molecule has 0 aliphatic carbocycles. The molecular weight excluding hydrogens is 233 g/mol. The van der Waals surface area contributed by atoms with Crippen molar-refractivity contribution in [1.29, 1.82) is 0 Å². The molecule has 17 heavy (non-hydrogen) atoms. The zero-order chi connectivity index (χ0) is 12.9. The highest BCUT2D eigenvalue weighted by molar-refractivity contribution is 5.20. The summed E-state index contributed by atoms with van der Waals surface area (Å²) in [6.07, 6.45) is -3.59. The minimum Gasteiger partial charge on any atom is -0.476 e. The minimum atomic E-state index is -4.36. The molecule has 1 N–H and O–H groups in total. The number of alkyl halides is 3. The van der Waals surface area contributed by atoms with Gasteiger partial charge in [-0.15, -0.1) is 0 Å². The van der Waals surface area contributed by atoms with Gasteiger partial charge in [0.15, 0.2) is 0 Å². The molecule has 0 fully saturated rings. The summed E-state index contributed by atoms with van der Waals surface area (Å²) in [4.78, 5) is 3.61. The molecule has 1 aromatic rings.